The van der Waals surface area contributed by atoms with Crippen molar-refractivity contribution in [3.8, 4) is 17.0 Å². The van der Waals surface area contributed by atoms with Crippen molar-refractivity contribution < 1.29 is 17.9 Å². The number of rotatable bonds is 5. The minimum absolute atomic E-state index is 0.0860. The van der Waals surface area contributed by atoms with Gasteiger partial charge in [-0.3, -0.25) is 10.1 Å². The van der Waals surface area contributed by atoms with Crippen LogP contribution in [0.3, 0.4) is 0 Å². The third-order valence-electron chi connectivity index (χ3n) is 3.70. The van der Waals surface area contributed by atoms with Crippen LogP contribution in [-0.2, 0) is 9.84 Å². The highest BCUT2D eigenvalue weighted by Crippen LogP contribution is 2.31. The summed E-state index contributed by atoms with van der Waals surface area (Å²) < 4.78 is 28.4. The maximum atomic E-state index is 12.4. The molecule has 1 amide bonds. The van der Waals surface area contributed by atoms with Crippen molar-refractivity contribution in [1.82, 2.24) is 4.98 Å². The number of anilines is 1. The molecular formula is C18H15ClN2O4S2. The van der Waals surface area contributed by atoms with Gasteiger partial charge in [-0.1, -0.05) is 17.7 Å². The van der Waals surface area contributed by atoms with Gasteiger partial charge in [0.2, 0.25) is 0 Å². The van der Waals surface area contributed by atoms with E-state index in [1.807, 2.05) is 6.07 Å². The lowest BCUT2D eigenvalue weighted by atomic mass is 10.2. The smallest absolute Gasteiger partial charge is 0.257 e. The summed E-state index contributed by atoms with van der Waals surface area (Å²) in [5.41, 5.74) is 1.68. The molecule has 0 aliphatic carbocycles. The summed E-state index contributed by atoms with van der Waals surface area (Å²) in [5.74, 6) is 0.129. The fraction of sp³-hybridized carbons (Fsp3) is 0.111. The molecule has 0 unspecified atom stereocenters. The SMILES string of the molecule is COc1ccc(-c2csc(NC(=O)c3cccc(S(C)(=O)=O)c3)n2)cc1Cl. The van der Waals surface area contributed by atoms with Crippen LogP contribution in [0, 0.1) is 0 Å². The number of benzene rings is 2. The normalized spacial score (nSPS) is 11.2. The Kier molecular flexibility index (Phi) is 5.50. The van der Waals surface area contributed by atoms with E-state index in [4.69, 9.17) is 16.3 Å². The number of methoxy groups -OCH3 is 1. The highest BCUT2D eigenvalue weighted by atomic mass is 35.5. The van der Waals surface area contributed by atoms with Crippen LogP contribution < -0.4 is 10.1 Å². The van der Waals surface area contributed by atoms with Crippen LogP contribution in [0.4, 0.5) is 5.13 Å². The predicted octanol–water partition coefficient (Wildman–Crippen LogP) is 4.13. The molecule has 0 saturated heterocycles. The number of sulfone groups is 1. The molecule has 140 valence electrons. The number of hydrogen-bond donors (Lipinski definition) is 1. The standard InChI is InChI=1S/C18H15ClN2O4S2/c1-25-16-7-6-11(9-14(16)19)15-10-26-18(20-15)21-17(22)12-4-3-5-13(8-12)27(2,23)24/h3-10H,1-2H3,(H,20,21,22). The van der Waals surface area contributed by atoms with Crippen LogP contribution >= 0.6 is 22.9 Å². The number of nitrogens with zero attached hydrogens (tertiary/aromatic N) is 1. The van der Waals surface area contributed by atoms with Crippen LogP contribution in [0.15, 0.2) is 52.7 Å². The molecule has 3 rings (SSSR count). The lowest BCUT2D eigenvalue weighted by molar-refractivity contribution is 0.102. The van der Waals surface area contributed by atoms with Gasteiger partial charge in [-0.2, -0.15) is 0 Å². The summed E-state index contributed by atoms with van der Waals surface area (Å²) in [6.45, 7) is 0. The Balaban J connectivity index is 1.80. The highest BCUT2D eigenvalue weighted by Gasteiger charge is 2.14. The molecule has 2 aromatic carbocycles. The van der Waals surface area contributed by atoms with E-state index in [1.54, 1.807) is 23.6 Å². The Morgan fingerprint density at radius 3 is 2.67 bits per heavy atom. The lowest BCUT2D eigenvalue weighted by Crippen LogP contribution is -2.12. The van der Waals surface area contributed by atoms with Crippen LogP contribution in [0.2, 0.25) is 5.02 Å². The molecule has 0 aliphatic rings. The second kappa shape index (κ2) is 7.67. The monoisotopic (exact) mass is 422 g/mol. The maximum Gasteiger partial charge on any atom is 0.257 e. The molecule has 0 aliphatic heterocycles. The van der Waals surface area contributed by atoms with Gasteiger partial charge >= 0.3 is 0 Å². The van der Waals surface area contributed by atoms with Crippen molar-refractivity contribution in [2.75, 3.05) is 18.7 Å². The summed E-state index contributed by atoms with van der Waals surface area (Å²) in [7, 11) is -1.85. The number of carbonyl (C=O) groups excluding carboxylic acids is 1. The van der Waals surface area contributed by atoms with Crippen molar-refractivity contribution >= 4 is 43.8 Å². The Hall–Kier alpha value is -2.42. The first kappa shape index (κ1) is 19.3. The van der Waals surface area contributed by atoms with Gasteiger partial charge in [0.15, 0.2) is 15.0 Å². The highest BCUT2D eigenvalue weighted by molar-refractivity contribution is 7.90. The zero-order valence-corrected chi connectivity index (χ0v) is 16.8. The second-order valence-corrected chi connectivity index (χ2v) is 8.92. The van der Waals surface area contributed by atoms with Crippen LogP contribution in [-0.4, -0.2) is 32.7 Å². The third kappa shape index (κ3) is 4.47. The van der Waals surface area contributed by atoms with Gasteiger partial charge in [-0.25, -0.2) is 13.4 Å². The Morgan fingerprint density at radius 1 is 1.22 bits per heavy atom. The molecule has 1 N–H and O–H groups in total. The van der Waals surface area contributed by atoms with Crippen LogP contribution in [0.25, 0.3) is 11.3 Å². The molecule has 0 fully saturated rings. The number of amides is 1. The third-order valence-corrected chi connectivity index (χ3v) is 5.86. The molecule has 6 nitrogen and oxygen atoms in total. The summed E-state index contributed by atoms with van der Waals surface area (Å²) in [6, 6.07) is 11.1. The largest absolute Gasteiger partial charge is 0.495 e. The van der Waals surface area contributed by atoms with Crippen molar-refractivity contribution in [2.24, 2.45) is 0 Å². The molecule has 0 bridgehead atoms. The minimum atomic E-state index is -3.39. The molecule has 1 aromatic heterocycles. The Bertz CT molecular complexity index is 1110. The van der Waals surface area contributed by atoms with E-state index in [0.717, 1.165) is 11.8 Å². The van der Waals surface area contributed by atoms with E-state index in [2.05, 4.69) is 10.3 Å². The van der Waals surface area contributed by atoms with E-state index >= 15 is 0 Å². The fourth-order valence-corrected chi connectivity index (χ4v) is 3.97. The topological polar surface area (TPSA) is 85.4 Å². The molecule has 0 radical (unpaired) electrons. The number of aromatic nitrogens is 1. The van der Waals surface area contributed by atoms with Gasteiger partial charge in [0, 0.05) is 22.8 Å². The average Bonchev–Trinajstić information content (AvgIpc) is 3.09. The first-order chi connectivity index (χ1) is 12.8. The summed E-state index contributed by atoms with van der Waals surface area (Å²) in [5, 5.41) is 5.33. The molecule has 1 heterocycles. The zero-order valence-electron chi connectivity index (χ0n) is 14.4. The van der Waals surface area contributed by atoms with E-state index in [0.29, 0.717) is 21.6 Å². The van der Waals surface area contributed by atoms with Gasteiger partial charge in [-0.05, 0) is 36.4 Å². The number of thiazole rings is 1. The van der Waals surface area contributed by atoms with Gasteiger partial charge in [0.25, 0.3) is 5.91 Å². The van der Waals surface area contributed by atoms with Gasteiger partial charge in [0.1, 0.15) is 5.75 Å². The number of carbonyl (C=O) groups is 1. The summed E-state index contributed by atoms with van der Waals surface area (Å²) in [6.07, 6.45) is 1.09. The molecule has 27 heavy (non-hydrogen) atoms. The van der Waals surface area contributed by atoms with Crippen LogP contribution in [0.5, 0.6) is 5.75 Å². The first-order valence-electron chi connectivity index (χ1n) is 7.69. The molecule has 0 saturated carbocycles. The first-order valence-corrected chi connectivity index (χ1v) is 10.8. The second-order valence-electron chi connectivity index (χ2n) is 5.64. The quantitative estimate of drug-likeness (QED) is 0.668. The molecular weight excluding hydrogens is 408 g/mol. The predicted molar refractivity (Wildman–Crippen MR) is 107 cm³/mol. The summed E-state index contributed by atoms with van der Waals surface area (Å²) >= 11 is 7.39. The molecule has 0 spiro atoms. The minimum Gasteiger partial charge on any atom is -0.495 e. The number of halogens is 1. The number of nitrogens with one attached hydrogen (secondary N) is 1. The van der Waals surface area contributed by atoms with E-state index in [9.17, 15) is 13.2 Å². The van der Waals surface area contributed by atoms with Crippen LogP contribution in [0.1, 0.15) is 10.4 Å². The molecule has 9 heteroatoms. The van der Waals surface area contributed by atoms with Crippen molar-refractivity contribution in [2.45, 2.75) is 4.90 Å². The van der Waals surface area contributed by atoms with E-state index in [1.165, 1.54) is 36.6 Å². The lowest BCUT2D eigenvalue weighted by Gasteiger charge is -2.05. The van der Waals surface area contributed by atoms with Gasteiger partial charge in [0.05, 0.1) is 22.7 Å². The fourth-order valence-electron chi connectivity index (χ4n) is 2.33. The van der Waals surface area contributed by atoms with E-state index in [-0.39, 0.29) is 10.5 Å². The van der Waals surface area contributed by atoms with Gasteiger partial charge < -0.3 is 4.74 Å². The number of hydrogen-bond acceptors (Lipinski definition) is 6. The van der Waals surface area contributed by atoms with Gasteiger partial charge in [-0.15, -0.1) is 11.3 Å². The zero-order chi connectivity index (χ0) is 19.6. The Morgan fingerprint density at radius 2 is 2.00 bits per heavy atom. The summed E-state index contributed by atoms with van der Waals surface area (Å²) in [4.78, 5) is 16.9. The van der Waals surface area contributed by atoms with Crippen molar-refractivity contribution in [3.63, 3.8) is 0 Å². The van der Waals surface area contributed by atoms with E-state index < -0.39 is 15.7 Å². The van der Waals surface area contributed by atoms with Crippen molar-refractivity contribution in [1.29, 1.82) is 0 Å². The van der Waals surface area contributed by atoms with Crippen molar-refractivity contribution in [3.05, 3.63) is 58.4 Å². The average molecular weight is 423 g/mol. The maximum absolute atomic E-state index is 12.4. The number of ether oxygens (including phenoxy) is 1. The Labute approximate surface area is 165 Å². The molecule has 0 atom stereocenters. The molecule has 3 aromatic rings.